The quantitative estimate of drug-likeness (QED) is 0.468. The number of carbonyl (C=O) groups excluding carboxylic acids is 2. The number of imide groups is 1. The molecular formula is C24H26N6O3S. The van der Waals surface area contributed by atoms with Crippen LogP contribution in [0.5, 0.6) is 0 Å². The zero-order chi connectivity index (χ0) is 23.3. The number of guanidine groups is 1. The molecule has 5 rings (SSSR count). The van der Waals surface area contributed by atoms with Crippen LogP contribution in [0.4, 0.5) is 4.79 Å². The predicted octanol–water partition coefficient (Wildman–Crippen LogP) is 3.04. The van der Waals surface area contributed by atoms with Crippen molar-refractivity contribution in [1.82, 2.24) is 26.3 Å². The van der Waals surface area contributed by atoms with E-state index in [1.807, 2.05) is 30.3 Å². The second-order valence-electron chi connectivity index (χ2n) is 8.43. The van der Waals surface area contributed by atoms with E-state index in [0.717, 1.165) is 66.6 Å². The number of nitrogens with zero attached hydrogens (tertiary/aromatic N) is 2. The Kier molecular flexibility index (Phi) is 6.77. The van der Waals surface area contributed by atoms with Gasteiger partial charge in [0.2, 0.25) is 0 Å². The van der Waals surface area contributed by atoms with Crippen molar-refractivity contribution in [3.8, 4) is 11.3 Å². The molecule has 1 saturated carbocycles. The normalized spacial score (nSPS) is 23.8. The van der Waals surface area contributed by atoms with Crippen molar-refractivity contribution in [3.63, 3.8) is 0 Å². The summed E-state index contributed by atoms with van der Waals surface area (Å²) in [6, 6.07) is 8.77. The number of carbonyl (C=O) groups is 2. The summed E-state index contributed by atoms with van der Waals surface area (Å²) < 4.78 is 5.16. The molecule has 34 heavy (non-hydrogen) atoms. The number of rotatable bonds is 6. The molecule has 0 spiro atoms. The Labute approximate surface area is 201 Å². The van der Waals surface area contributed by atoms with Crippen LogP contribution >= 0.6 is 11.8 Å². The summed E-state index contributed by atoms with van der Waals surface area (Å²) in [5.41, 5.74) is 3.69. The van der Waals surface area contributed by atoms with Crippen LogP contribution in [-0.4, -0.2) is 40.7 Å². The lowest BCUT2D eigenvalue weighted by Gasteiger charge is -2.31. The van der Waals surface area contributed by atoms with Crippen molar-refractivity contribution in [2.45, 2.75) is 44.3 Å². The van der Waals surface area contributed by atoms with Crippen molar-refractivity contribution < 1.29 is 14.0 Å². The Morgan fingerprint density at radius 1 is 1.12 bits per heavy atom. The van der Waals surface area contributed by atoms with Gasteiger partial charge >= 0.3 is 0 Å². The summed E-state index contributed by atoms with van der Waals surface area (Å²) in [5.74, 6) is 0.352. The van der Waals surface area contributed by atoms with E-state index in [4.69, 9.17) is 9.40 Å². The maximum Gasteiger partial charge on any atom is 0.290 e. The Hall–Kier alpha value is -3.37. The first kappa shape index (κ1) is 22.4. The largest absolute Gasteiger partial charge is 0.472 e. The average molecular weight is 479 g/mol. The van der Waals surface area contributed by atoms with Gasteiger partial charge in [0.05, 0.1) is 35.4 Å². The van der Waals surface area contributed by atoms with E-state index in [0.29, 0.717) is 29.5 Å². The predicted molar refractivity (Wildman–Crippen MR) is 131 cm³/mol. The van der Waals surface area contributed by atoms with Gasteiger partial charge in [-0.05, 0) is 67.8 Å². The fraction of sp³-hybridized carbons (Fsp3) is 0.333. The summed E-state index contributed by atoms with van der Waals surface area (Å²) in [6.45, 7) is 1.26. The molecule has 0 atom stereocenters. The van der Waals surface area contributed by atoms with E-state index >= 15 is 0 Å². The Balaban J connectivity index is 1.07. The van der Waals surface area contributed by atoms with Gasteiger partial charge in [-0.1, -0.05) is 6.07 Å². The smallest absolute Gasteiger partial charge is 0.290 e. The van der Waals surface area contributed by atoms with Gasteiger partial charge in [0.15, 0.2) is 5.96 Å². The summed E-state index contributed by atoms with van der Waals surface area (Å²) in [6.07, 6.45) is 11.2. The molecule has 0 radical (unpaired) electrons. The highest BCUT2D eigenvalue weighted by molar-refractivity contribution is 8.18. The van der Waals surface area contributed by atoms with Crippen LogP contribution in [0.15, 0.2) is 69.0 Å². The molecule has 4 N–H and O–H groups in total. The van der Waals surface area contributed by atoms with Gasteiger partial charge in [-0.25, -0.2) is 4.99 Å². The molecule has 1 aliphatic carbocycles. The van der Waals surface area contributed by atoms with Crippen LogP contribution in [0.2, 0.25) is 0 Å². The minimum atomic E-state index is -0.357. The zero-order valence-corrected chi connectivity index (χ0v) is 19.4. The maximum absolute atomic E-state index is 11.8. The van der Waals surface area contributed by atoms with Crippen molar-refractivity contribution in [1.29, 1.82) is 0 Å². The molecule has 4 heterocycles. The summed E-state index contributed by atoms with van der Waals surface area (Å²) >= 11 is 0.912. The van der Waals surface area contributed by atoms with E-state index in [1.165, 1.54) is 0 Å². The van der Waals surface area contributed by atoms with Gasteiger partial charge < -0.3 is 20.4 Å². The molecule has 2 aromatic rings. The number of thioether (sulfide) groups is 1. The SMILES string of the molecule is O=C1NC(=O)/C(=C/C2=CCN=C(NC3CCC(NCc4cccc(-c5ccoc5)n4)CC3)N2)S1. The number of aliphatic imine (C=N–C) groups is 1. The topological polar surface area (TPSA) is 121 Å². The lowest BCUT2D eigenvalue weighted by Crippen LogP contribution is -2.47. The van der Waals surface area contributed by atoms with Gasteiger partial charge in [-0.3, -0.25) is 19.9 Å². The van der Waals surface area contributed by atoms with Crippen LogP contribution in [0.3, 0.4) is 0 Å². The van der Waals surface area contributed by atoms with Gasteiger partial charge in [0.1, 0.15) is 0 Å². The maximum atomic E-state index is 11.8. The second kappa shape index (κ2) is 10.3. The minimum absolute atomic E-state index is 0.338. The molecule has 2 aliphatic heterocycles. The van der Waals surface area contributed by atoms with Crippen molar-refractivity contribution in [2.24, 2.45) is 4.99 Å². The summed E-state index contributed by atoms with van der Waals surface area (Å²) in [4.78, 5) is 32.7. The highest BCUT2D eigenvalue weighted by Gasteiger charge is 2.26. The number of hydrogen-bond donors (Lipinski definition) is 4. The molecule has 10 heteroatoms. The molecule has 0 bridgehead atoms. The van der Waals surface area contributed by atoms with Crippen molar-refractivity contribution >= 4 is 28.9 Å². The van der Waals surface area contributed by atoms with Crippen LogP contribution < -0.4 is 21.3 Å². The number of aromatic nitrogens is 1. The number of nitrogens with one attached hydrogen (secondary N) is 4. The Morgan fingerprint density at radius 2 is 1.97 bits per heavy atom. The van der Waals surface area contributed by atoms with E-state index < -0.39 is 0 Å². The van der Waals surface area contributed by atoms with Crippen LogP contribution in [0.25, 0.3) is 11.3 Å². The average Bonchev–Trinajstić information content (AvgIpc) is 3.49. The first-order valence-electron chi connectivity index (χ1n) is 11.4. The molecule has 0 unspecified atom stereocenters. The first-order chi connectivity index (χ1) is 16.6. The van der Waals surface area contributed by atoms with Crippen LogP contribution in [0, 0.1) is 0 Å². The van der Waals surface area contributed by atoms with E-state index in [9.17, 15) is 9.59 Å². The molecule has 0 aromatic carbocycles. The third-order valence-electron chi connectivity index (χ3n) is 6.02. The van der Waals surface area contributed by atoms with Crippen molar-refractivity contribution in [3.05, 3.63) is 65.2 Å². The van der Waals surface area contributed by atoms with Gasteiger partial charge in [-0.15, -0.1) is 0 Å². The van der Waals surface area contributed by atoms with E-state index in [2.05, 4.69) is 26.3 Å². The van der Waals surface area contributed by atoms with Crippen LogP contribution in [0.1, 0.15) is 31.4 Å². The lowest BCUT2D eigenvalue weighted by molar-refractivity contribution is -0.115. The highest BCUT2D eigenvalue weighted by atomic mass is 32.2. The molecule has 3 aliphatic rings. The van der Waals surface area contributed by atoms with E-state index in [1.54, 1.807) is 18.6 Å². The fourth-order valence-corrected chi connectivity index (χ4v) is 4.91. The Morgan fingerprint density at radius 3 is 2.74 bits per heavy atom. The Bertz CT molecular complexity index is 1150. The number of furan rings is 1. The number of pyridine rings is 1. The van der Waals surface area contributed by atoms with E-state index in [-0.39, 0.29) is 11.1 Å². The molecule has 176 valence electrons. The standard InChI is InChI=1S/C24H26N6O3S/c31-22-21(34-24(32)30-22)12-18-8-10-25-23(29-18)28-17-6-4-16(5-7-17)26-13-19-2-1-3-20(27-19)15-9-11-33-14-15/h1-3,8-9,11-12,14,16-17,26H,4-7,10,13H2,(H2,25,28,29)(H,30,31,32)/b21-12-. The number of amides is 2. The van der Waals surface area contributed by atoms with Gasteiger partial charge in [0, 0.05) is 29.9 Å². The molecule has 2 aromatic heterocycles. The molecular weight excluding hydrogens is 452 g/mol. The lowest BCUT2D eigenvalue weighted by atomic mass is 9.91. The monoisotopic (exact) mass is 478 g/mol. The number of allylic oxidation sites excluding steroid dienone is 1. The highest BCUT2D eigenvalue weighted by Crippen LogP contribution is 2.24. The summed E-state index contributed by atoms with van der Waals surface area (Å²) in [5, 5.41) is 12.3. The van der Waals surface area contributed by atoms with Gasteiger partial charge in [0.25, 0.3) is 11.1 Å². The molecule has 9 nitrogen and oxygen atoms in total. The summed E-state index contributed by atoms with van der Waals surface area (Å²) in [7, 11) is 0. The molecule has 1 saturated heterocycles. The molecule has 2 amide bonds. The fourth-order valence-electron chi connectivity index (χ4n) is 4.23. The minimum Gasteiger partial charge on any atom is -0.472 e. The molecule has 2 fully saturated rings. The first-order valence-corrected chi connectivity index (χ1v) is 12.2. The van der Waals surface area contributed by atoms with Gasteiger partial charge in [-0.2, -0.15) is 0 Å². The zero-order valence-electron chi connectivity index (χ0n) is 18.5. The second-order valence-corrected chi connectivity index (χ2v) is 9.44. The number of hydrogen-bond acceptors (Lipinski definition) is 9. The van der Waals surface area contributed by atoms with Crippen LogP contribution in [-0.2, 0) is 11.3 Å². The third-order valence-corrected chi connectivity index (χ3v) is 6.83. The van der Waals surface area contributed by atoms with Crippen molar-refractivity contribution in [2.75, 3.05) is 6.54 Å². The third kappa shape index (κ3) is 5.57.